The summed E-state index contributed by atoms with van der Waals surface area (Å²) in [6, 6.07) is 4.21. The Balaban J connectivity index is 1.73. The van der Waals surface area contributed by atoms with Crippen molar-refractivity contribution < 1.29 is 4.79 Å². The molecular weight excluding hydrogens is 320 g/mol. The Bertz CT molecular complexity index is 715. The monoisotopic (exact) mass is 344 g/mol. The van der Waals surface area contributed by atoms with Crippen molar-refractivity contribution in [1.29, 1.82) is 0 Å². The second-order valence-electron chi connectivity index (χ2n) is 6.45. The Morgan fingerprint density at radius 2 is 2.25 bits per heavy atom. The second kappa shape index (κ2) is 7.30. The number of pyridine rings is 1. The van der Waals surface area contributed by atoms with E-state index in [-0.39, 0.29) is 5.91 Å². The van der Waals surface area contributed by atoms with E-state index in [1.807, 2.05) is 26.2 Å². The Kier molecular flexibility index (Phi) is 5.14. The quantitative estimate of drug-likeness (QED) is 0.852. The topological polar surface area (TPSA) is 49.3 Å². The number of anilines is 1. The number of thiazole rings is 1. The molecule has 1 aliphatic rings. The lowest BCUT2D eigenvalue weighted by molar-refractivity contribution is 0.0786. The maximum Gasteiger partial charge on any atom is 0.254 e. The van der Waals surface area contributed by atoms with E-state index in [0.29, 0.717) is 18.2 Å². The standard InChI is InChI=1S/C18H24N4OS/c1-13-6-4-5-9-22(13)17-10-15(7-8-19-17)18(23)21(3)12-16-11-20-14(2)24-16/h7-8,10-11,13H,4-6,9,12H2,1-3H3/t13-/m0/s1. The van der Waals surface area contributed by atoms with E-state index in [1.54, 1.807) is 28.5 Å². The summed E-state index contributed by atoms with van der Waals surface area (Å²) in [6.45, 7) is 5.81. The van der Waals surface area contributed by atoms with E-state index >= 15 is 0 Å². The van der Waals surface area contributed by atoms with Crippen LogP contribution in [0.2, 0.25) is 0 Å². The molecule has 0 radical (unpaired) electrons. The van der Waals surface area contributed by atoms with Crippen LogP contribution < -0.4 is 4.90 Å². The van der Waals surface area contributed by atoms with Gasteiger partial charge in [-0.2, -0.15) is 0 Å². The van der Waals surface area contributed by atoms with Crippen molar-refractivity contribution in [3.8, 4) is 0 Å². The molecule has 0 unspecified atom stereocenters. The number of carbonyl (C=O) groups excluding carboxylic acids is 1. The summed E-state index contributed by atoms with van der Waals surface area (Å²) in [7, 11) is 1.83. The molecule has 0 N–H and O–H groups in total. The van der Waals surface area contributed by atoms with Crippen LogP contribution in [0.1, 0.15) is 46.4 Å². The average Bonchev–Trinajstić information content (AvgIpc) is 2.99. The number of amides is 1. The normalized spacial score (nSPS) is 17.8. The number of aromatic nitrogens is 2. The van der Waals surface area contributed by atoms with Crippen molar-refractivity contribution in [3.05, 3.63) is 40.0 Å². The van der Waals surface area contributed by atoms with Gasteiger partial charge >= 0.3 is 0 Å². The molecule has 1 aliphatic heterocycles. The van der Waals surface area contributed by atoms with Gasteiger partial charge in [0.1, 0.15) is 5.82 Å². The number of carbonyl (C=O) groups is 1. The fourth-order valence-corrected chi connectivity index (χ4v) is 4.00. The van der Waals surface area contributed by atoms with Crippen LogP contribution in [0.4, 0.5) is 5.82 Å². The van der Waals surface area contributed by atoms with Crippen LogP contribution in [0, 0.1) is 6.92 Å². The first-order valence-electron chi connectivity index (χ1n) is 8.44. The highest BCUT2D eigenvalue weighted by Crippen LogP contribution is 2.24. The Morgan fingerprint density at radius 3 is 2.96 bits per heavy atom. The average molecular weight is 344 g/mol. The highest BCUT2D eigenvalue weighted by Gasteiger charge is 2.21. The largest absolute Gasteiger partial charge is 0.354 e. The molecular formula is C18H24N4OS. The lowest BCUT2D eigenvalue weighted by Crippen LogP contribution is -2.38. The molecule has 3 rings (SSSR count). The van der Waals surface area contributed by atoms with Gasteiger partial charge in [-0.05, 0) is 45.2 Å². The molecule has 24 heavy (non-hydrogen) atoms. The van der Waals surface area contributed by atoms with Gasteiger partial charge in [0, 0.05) is 42.5 Å². The lowest BCUT2D eigenvalue weighted by Gasteiger charge is -2.34. The molecule has 5 nitrogen and oxygen atoms in total. The van der Waals surface area contributed by atoms with Crippen molar-refractivity contribution in [2.75, 3.05) is 18.5 Å². The number of aryl methyl sites for hydroxylation is 1. The second-order valence-corrected chi connectivity index (χ2v) is 7.77. The Labute approximate surface area is 147 Å². The summed E-state index contributed by atoms with van der Waals surface area (Å²) < 4.78 is 0. The number of nitrogens with zero attached hydrogens (tertiary/aromatic N) is 4. The fourth-order valence-electron chi connectivity index (χ4n) is 3.15. The van der Waals surface area contributed by atoms with Crippen LogP contribution in [0.5, 0.6) is 0 Å². The van der Waals surface area contributed by atoms with Crippen molar-refractivity contribution in [2.45, 2.75) is 45.7 Å². The van der Waals surface area contributed by atoms with E-state index in [9.17, 15) is 4.79 Å². The van der Waals surface area contributed by atoms with Crippen LogP contribution in [0.25, 0.3) is 0 Å². The van der Waals surface area contributed by atoms with E-state index < -0.39 is 0 Å². The molecule has 1 atom stereocenters. The molecule has 1 saturated heterocycles. The van der Waals surface area contributed by atoms with E-state index in [1.165, 1.54) is 19.3 Å². The van der Waals surface area contributed by atoms with Crippen LogP contribution in [0.3, 0.4) is 0 Å². The van der Waals surface area contributed by atoms with Crippen molar-refractivity contribution in [1.82, 2.24) is 14.9 Å². The fraction of sp³-hybridized carbons (Fsp3) is 0.500. The first kappa shape index (κ1) is 16.9. The molecule has 0 saturated carbocycles. The molecule has 1 fully saturated rings. The Morgan fingerprint density at radius 1 is 1.42 bits per heavy atom. The van der Waals surface area contributed by atoms with Crippen molar-refractivity contribution in [2.24, 2.45) is 0 Å². The summed E-state index contributed by atoms with van der Waals surface area (Å²) >= 11 is 1.63. The summed E-state index contributed by atoms with van der Waals surface area (Å²) in [5.41, 5.74) is 0.696. The van der Waals surface area contributed by atoms with Crippen LogP contribution in [-0.2, 0) is 6.54 Å². The SMILES string of the molecule is Cc1ncc(CN(C)C(=O)c2ccnc(N3CCCC[C@@H]3C)c2)s1. The Hall–Kier alpha value is -1.95. The maximum atomic E-state index is 12.7. The molecule has 0 aliphatic carbocycles. The molecule has 1 amide bonds. The summed E-state index contributed by atoms with van der Waals surface area (Å²) in [6.07, 6.45) is 7.23. The highest BCUT2D eigenvalue weighted by atomic mass is 32.1. The first-order chi connectivity index (χ1) is 11.5. The summed E-state index contributed by atoms with van der Waals surface area (Å²) in [5, 5.41) is 1.02. The van der Waals surface area contributed by atoms with E-state index in [0.717, 1.165) is 22.2 Å². The zero-order chi connectivity index (χ0) is 17.1. The maximum absolute atomic E-state index is 12.7. The van der Waals surface area contributed by atoms with E-state index in [4.69, 9.17) is 0 Å². The third kappa shape index (κ3) is 3.75. The van der Waals surface area contributed by atoms with Gasteiger partial charge in [-0.25, -0.2) is 9.97 Å². The van der Waals surface area contributed by atoms with Crippen LogP contribution in [-0.4, -0.2) is 40.4 Å². The van der Waals surface area contributed by atoms with Gasteiger partial charge in [0.05, 0.1) is 11.6 Å². The van der Waals surface area contributed by atoms with Crippen molar-refractivity contribution in [3.63, 3.8) is 0 Å². The number of piperidine rings is 1. The lowest BCUT2D eigenvalue weighted by atomic mass is 10.0. The molecule has 6 heteroatoms. The van der Waals surface area contributed by atoms with Gasteiger partial charge in [-0.3, -0.25) is 4.79 Å². The molecule has 2 aromatic rings. The van der Waals surface area contributed by atoms with Gasteiger partial charge in [-0.15, -0.1) is 11.3 Å². The molecule has 2 aromatic heterocycles. The minimum absolute atomic E-state index is 0.0226. The third-order valence-electron chi connectivity index (χ3n) is 4.50. The first-order valence-corrected chi connectivity index (χ1v) is 9.25. The predicted molar refractivity (Wildman–Crippen MR) is 97.5 cm³/mol. The molecule has 0 spiro atoms. The molecule has 3 heterocycles. The third-order valence-corrected chi connectivity index (χ3v) is 5.40. The van der Waals surface area contributed by atoms with E-state index in [2.05, 4.69) is 21.8 Å². The number of hydrogen-bond donors (Lipinski definition) is 0. The molecule has 0 bridgehead atoms. The van der Waals surface area contributed by atoms with Gasteiger partial charge in [0.2, 0.25) is 0 Å². The zero-order valence-electron chi connectivity index (χ0n) is 14.5. The summed E-state index contributed by atoms with van der Waals surface area (Å²) in [4.78, 5) is 26.6. The zero-order valence-corrected chi connectivity index (χ0v) is 15.3. The van der Waals surface area contributed by atoms with Crippen molar-refractivity contribution >= 4 is 23.1 Å². The molecule has 128 valence electrons. The minimum Gasteiger partial charge on any atom is -0.354 e. The number of rotatable bonds is 4. The predicted octanol–water partition coefficient (Wildman–Crippen LogP) is 3.50. The number of hydrogen-bond acceptors (Lipinski definition) is 5. The van der Waals surface area contributed by atoms with Gasteiger partial charge in [0.15, 0.2) is 0 Å². The summed E-state index contributed by atoms with van der Waals surface area (Å²) in [5.74, 6) is 0.935. The van der Waals surface area contributed by atoms with Crippen LogP contribution >= 0.6 is 11.3 Å². The minimum atomic E-state index is 0.0226. The van der Waals surface area contributed by atoms with Gasteiger partial charge in [-0.1, -0.05) is 0 Å². The molecule has 0 aromatic carbocycles. The van der Waals surface area contributed by atoms with Gasteiger partial charge < -0.3 is 9.80 Å². The van der Waals surface area contributed by atoms with Gasteiger partial charge in [0.25, 0.3) is 5.91 Å². The smallest absolute Gasteiger partial charge is 0.254 e. The van der Waals surface area contributed by atoms with Crippen LogP contribution in [0.15, 0.2) is 24.5 Å². The highest BCUT2D eigenvalue weighted by molar-refractivity contribution is 7.11.